The molecule has 2 amide bonds. The molecule has 1 aliphatic heterocycles. The Hall–Kier alpha value is -1.84. The highest BCUT2D eigenvalue weighted by Crippen LogP contribution is 2.23. The van der Waals surface area contributed by atoms with Crippen molar-refractivity contribution >= 4 is 17.5 Å². The molecule has 2 N–H and O–H groups in total. The monoisotopic (exact) mass is 175 g/mol. The third kappa shape index (κ3) is 0.917. The predicted molar refractivity (Wildman–Crippen MR) is 46.7 cm³/mol. The van der Waals surface area contributed by atoms with E-state index in [2.05, 4.69) is 7.05 Å². The second-order valence-electron chi connectivity index (χ2n) is 2.84. The van der Waals surface area contributed by atoms with Crippen molar-refractivity contribution < 1.29 is 9.59 Å². The highest BCUT2D eigenvalue weighted by atomic mass is 16.2. The Kier molecular flexibility index (Phi) is 1.39. The van der Waals surface area contributed by atoms with Gasteiger partial charge >= 0.3 is 0 Å². The molecule has 0 aromatic heterocycles. The van der Waals surface area contributed by atoms with Crippen LogP contribution in [-0.2, 0) is 0 Å². The Morgan fingerprint density at radius 3 is 2.46 bits per heavy atom. The van der Waals surface area contributed by atoms with Gasteiger partial charge in [0.25, 0.3) is 11.8 Å². The van der Waals surface area contributed by atoms with Crippen molar-refractivity contribution in [3.8, 4) is 0 Å². The fourth-order valence-corrected chi connectivity index (χ4v) is 1.31. The number of anilines is 1. The third-order valence-corrected chi connectivity index (χ3v) is 1.99. The first kappa shape index (κ1) is 7.79. The molecule has 0 saturated carbocycles. The van der Waals surface area contributed by atoms with Crippen LogP contribution in [0.15, 0.2) is 18.2 Å². The maximum atomic E-state index is 11.3. The van der Waals surface area contributed by atoms with Crippen LogP contribution in [-0.4, -0.2) is 16.7 Å². The van der Waals surface area contributed by atoms with Gasteiger partial charge in [-0.25, -0.2) is 0 Å². The number of imide groups is 1. The average Bonchev–Trinajstić information content (AvgIpc) is 2.32. The summed E-state index contributed by atoms with van der Waals surface area (Å²) in [5, 5.41) is 0. The summed E-state index contributed by atoms with van der Waals surface area (Å²) in [4.78, 5) is 23.5. The minimum Gasteiger partial charge on any atom is -0.399 e. The summed E-state index contributed by atoms with van der Waals surface area (Å²) in [7, 11) is 3.34. The Labute approximate surface area is 74.9 Å². The van der Waals surface area contributed by atoms with Gasteiger partial charge in [0, 0.05) is 12.7 Å². The number of rotatable bonds is 0. The highest BCUT2D eigenvalue weighted by molar-refractivity contribution is 6.21. The normalized spacial score (nSPS) is 15.0. The smallest absolute Gasteiger partial charge is 0.261 e. The van der Waals surface area contributed by atoms with Gasteiger partial charge in [-0.05, 0) is 18.2 Å². The average molecular weight is 175 g/mol. The lowest BCUT2D eigenvalue weighted by atomic mass is 10.1. The summed E-state index contributed by atoms with van der Waals surface area (Å²) < 4.78 is 0. The molecule has 0 aliphatic carbocycles. The largest absolute Gasteiger partial charge is 0.399 e. The molecule has 4 heteroatoms. The van der Waals surface area contributed by atoms with Gasteiger partial charge in [0.2, 0.25) is 0 Å². The molecular formula is C9H7N2O2. The van der Waals surface area contributed by atoms with Crippen LogP contribution in [0.5, 0.6) is 0 Å². The second kappa shape index (κ2) is 2.32. The molecule has 65 valence electrons. The van der Waals surface area contributed by atoms with E-state index in [1.165, 1.54) is 12.1 Å². The molecule has 0 bridgehead atoms. The zero-order chi connectivity index (χ0) is 9.59. The number of carbonyl (C=O) groups is 2. The third-order valence-electron chi connectivity index (χ3n) is 1.99. The summed E-state index contributed by atoms with van der Waals surface area (Å²) in [5.74, 6) is -0.771. The molecule has 0 spiro atoms. The molecular weight excluding hydrogens is 168 g/mol. The second-order valence-corrected chi connectivity index (χ2v) is 2.84. The van der Waals surface area contributed by atoms with Crippen LogP contribution in [0.4, 0.5) is 5.69 Å². The fourth-order valence-electron chi connectivity index (χ4n) is 1.31. The molecule has 0 fully saturated rings. The van der Waals surface area contributed by atoms with Crippen molar-refractivity contribution in [1.82, 2.24) is 4.90 Å². The Morgan fingerprint density at radius 2 is 1.77 bits per heavy atom. The fraction of sp³-hybridized carbons (Fsp3) is 0. The molecule has 0 saturated heterocycles. The van der Waals surface area contributed by atoms with Gasteiger partial charge in [0.1, 0.15) is 0 Å². The number of benzene rings is 1. The number of carbonyl (C=O) groups excluding carboxylic acids is 2. The molecule has 4 nitrogen and oxygen atoms in total. The first-order valence-electron chi connectivity index (χ1n) is 3.70. The number of nitrogens with zero attached hydrogens (tertiary/aromatic N) is 1. The lowest BCUT2D eigenvalue weighted by molar-refractivity contribution is 0.0717. The molecule has 1 aliphatic rings. The van der Waals surface area contributed by atoms with Gasteiger partial charge in [0.15, 0.2) is 0 Å². The van der Waals surface area contributed by atoms with Crippen molar-refractivity contribution in [2.45, 2.75) is 0 Å². The zero-order valence-corrected chi connectivity index (χ0v) is 6.78. The molecule has 0 unspecified atom stereocenters. The van der Waals surface area contributed by atoms with E-state index in [9.17, 15) is 9.59 Å². The molecule has 13 heavy (non-hydrogen) atoms. The van der Waals surface area contributed by atoms with Gasteiger partial charge in [-0.2, -0.15) is 0 Å². The van der Waals surface area contributed by atoms with Crippen LogP contribution in [0, 0.1) is 7.05 Å². The molecule has 2 rings (SSSR count). The Morgan fingerprint density at radius 1 is 1.15 bits per heavy atom. The number of hydrogen-bond donors (Lipinski definition) is 1. The van der Waals surface area contributed by atoms with Crippen LogP contribution in [0.1, 0.15) is 20.7 Å². The minimum atomic E-state index is -0.396. The summed E-state index contributed by atoms with van der Waals surface area (Å²) in [5.41, 5.74) is 6.65. The van der Waals surface area contributed by atoms with E-state index in [1.807, 2.05) is 0 Å². The number of hydrogen-bond acceptors (Lipinski definition) is 3. The number of amides is 2. The van der Waals surface area contributed by atoms with E-state index >= 15 is 0 Å². The Bertz CT molecular complexity index is 412. The van der Waals surface area contributed by atoms with Crippen LogP contribution < -0.4 is 5.73 Å². The van der Waals surface area contributed by atoms with Crippen molar-refractivity contribution in [2.24, 2.45) is 0 Å². The SMILES string of the molecule is [CH2]N1C(=O)c2ccc(N)cc2C1=O. The predicted octanol–water partition coefficient (Wildman–Crippen LogP) is 0.656. The molecule has 1 aromatic rings. The van der Waals surface area contributed by atoms with E-state index in [0.29, 0.717) is 16.8 Å². The van der Waals surface area contributed by atoms with Crippen molar-refractivity contribution in [3.05, 3.63) is 36.4 Å². The molecule has 1 heterocycles. The molecule has 1 aromatic carbocycles. The first-order chi connectivity index (χ1) is 6.11. The maximum Gasteiger partial charge on any atom is 0.261 e. The van der Waals surface area contributed by atoms with Gasteiger partial charge in [-0.3, -0.25) is 14.5 Å². The van der Waals surface area contributed by atoms with Gasteiger partial charge in [-0.15, -0.1) is 0 Å². The maximum absolute atomic E-state index is 11.3. The van der Waals surface area contributed by atoms with E-state index < -0.39 is 5.91 Å². The van der Waals surface area contributed by atoms with Gasteiger partial charge in [-0.1, -0.05) is 0 Å². The number of fused-ring (bicyclic) bond motifs is 1. The van der Waals surface area contributed by atoms with Crippen LogP contribution >= 0.6 is 0 Å². The number of nitrogens with two attached hydrogens (primary N) is 1. The van der Waals surface area contributed by atoms with Crippen LogP contribution in [0.25, 0.3) is 0 Å². The minimum absolute atomic E-state index is 0.333. The summed E-state index contributed by atoms with van der Waals surface area (Å²) in [6, 6.07) is 4.61. The summed E-state index contributed by atoms with van der Waals surface area (Å²) >= 11 is 0. The van der Waals surface area contributed by atoms with Crippen molar-refractivity contribution in [2.75, 3.05) is 5.73 Å². The first-order valence-corrected chi connectivity index (χ1v) is 3.70. The summed E-state index contributed by atoms with van der Waals surface area (Å²) in [6.45, 7) is 0. The van der Waals surface area contributed by atoms with Gasteiger partial charge in [0.05, 0.1) is 11.1 Å². The van der Waals surface area contributed by atoms with Crippen molar-refractivity contribution in [3.63, 3.8) is 0 Å². The lowest BCUT2D eigenvalue weighted by Gasteiger charge is -2.01. The van der Waals surface area contributed by atoms with E-state index in [4.69, 9.17) is 5.73 Å². The summed E-state index contributed by atoms with van der Waals surface area (Å²) in [6.07, 6.45) is 0. The zero-order valence-electron chi connectivity index (χ0n) is 6.78. The van der Waals surface area contributed by atoms with E-state index in [0.717, 1.165) is 4.90 Å². The van der Waals surface area contributed by atoms with Crippen molar-refractivity contribution in [1.29, 1.82) is 0 Å². The standard InChI is InChI=1S/C9H7N2O2/c1-11-8(12)6-3-2-5(10)4-7(6)9(11)13/h2-4H,1,10H2. The van der Waals surface area contributed by atoms with Crippen LogP contribution in [0.3, 0.4) is 0 Å². The topological polar surface area (TPSA) is 63.4 Å². The Balaban J connectivity index is 2.67. The molecule has 1 radical (unpaired) electrons. The quantitative estimate of drug-likeness (QED) is 0.465. The van der Waals surface area contributed by atoms with Crippen LogP contribution in [0.2, 0.25) is 0 Å². The highest BCUT2D eigenvalue weighted by Gasteiger charge is 2.32. The van der Waals surface area contributed by atoms with Gasteiger partial charge < -0.3 is 5.73 Å². The lowest BCUT2D eigenvalue weighted by Crippen LogP contribution is -2.21. The number of nitrogen functional groups attached to an aromatic ring is 1. The molecule has 0 atom stereocenters. The van der Waals surface area contributed by atoms with E-state index in [1.54, 1.807) is 6.07 Å². The van der Waals surface area contributed by atoms with E-state index in [-0.39, 0.29) is 5.91 Å².